The number of ether oxygens (including phenoxy) is 2. The van der Waals surface area contributed by atoms with Crippen molar-refractivity contribution in [1.82, 2.24) is 10.6 Å². The molecule has 0 radical (unpaired) electrons. The molecule has 160 valence electrons. The van der Waals surface area contributed by atoms with Crippen molar-refractivity contribution >= 4 is 11.9 Å². The molecule has 1 unspecified atom stereocenters. The molecule has 0 saturated carbocycles. The zero-order chi connectivity index (χ0) is 21.6. The third-order valence-electron chi connectivity index (χ3n) is 5.91. The molecule has 1 saturated heterocycles. The third-order valence-corrected chi connectivity index (χ3v) is 5.91. The zero-order valence-electron chi connectivity index (χ0n) is 17.8. The topological polar surface area (TPSA) is 76.7 Å². The Morgan fingerprint density at radius 2 is 1.77 bits per heavy atom. The second-order valence-electron chi connectivity index (χ2n) is 7.65. The molecule has 0 aromatic heterocycles. The third kappa shape index (κ3) is 4.82. The molecule has 1 aliphatic rings. The molecule has 2 aromatic rings. The predicted molar refractivity (Wildman–Crippen MR) is 115 cm³/mol. The summed E-state index contributed by atoms with van der Waals surface area (Å²) in [6, 6.07) is 17.3. The van der Waals surface area contributed by atoms with Crippen molar-refractivity contribution in [2.75, 3.05) is 6.54 Å². The molecule has 1 aliphatic heterocycles. The summed E-state index contributed by atoms with van der Waals surface area (Å²) < 4.78 is 11.3. The summed E-state index contributed by atoms with van der Waals surface area (Å²) in [6.07, 6.45) is 1.21. The van der Waals surface area contributed by atoms with Crippen LogP contribution in [0.25, 0.3) is 0 Å². The zero-order valence-corrected chi connectivity index (χ0v) is 17.8. The van der Waals surface area contributed by atoms with E-state index in [-0.39, 0.29) is 37.3 Å². The Morgan fingerprint density at radius 3 is 2.37 bits per heavy atom. The summed E-state index contributed by atoms with van der Waals surface area (Å²) in [7, 11) is 0. The Balaban J connectivity index is 1.46. The van der Waals surface area contributed by atoms with E-state index in [1.165, 1.54) is 0 Å². The van der Waals surface area contributed by atoms with Crippen LogP contribution in [0.3, 0.4) is 0 Å². The molecule has 1 fully saturated rings. The maximum Gasteiger partial charge on any atom is 0.320 e. The summed E-state index contributed by atoms with van der Waals surface area (Å²) in [5.74, 6) is 0.484. The van der Waals surface area contributed by atoms with E-state index in [0.29, 0.717) is 5.75 Å². The second-order valence-corrected chi connectivity index (χ2v) is 7.65. The van der Waals surface area contributed by atoms with Gasteiger partial charge in [-0.25, -0.2) is 0 Å². The highest BCUT2D eigenvalue weighted by atomic mass is 16.5. The number of hydrogen-bond acceptors (Lipinski definition) is 5. The molecular formula is C24H30N2O4. The molecular weight excluding hydrogens is 380 g/mol. The number of rotatable bonds is 10. The first-order valence-corrected chi connectivity index (χ1v) is 10.5. The van der Waals surface area contributed by atoms with Gasteiger partial charge in [0.05, 0.1) is 6.54 Å². The highest BCUT2D eigenvalue weighted by Crippen LogP contribution is 2.39. The minimum atomic E-state index is -0.437. The molecule has 0 spiro atoms. The van der Waals surface area contributed by atoms with E-state index in [1.807, 2.05) is 75.4 Å². The van der Waals surface area contributed by atoms with E-state index in [9.17, 15) is 9.59 Å². The van der Waals surface area contributed by atoms with Crippen LogP contribution in [0.1, 0.15) is 50.8 Å². The first-order valence-electron chi connectivity index (χ1n) is 10.5. The molecule has 0 bridgehead atoms. The summed E-state index contributed by atoms with van der Waals surface area (Å²) in [5, 5.41) is 6.04. The Kier molecular flexibility index (Phi) is 7.11. The smallest absolute Gasteiger partial charge is 0.320 e. The largest absolute Gasteiger partial charge is 0.470 e. The van der Waals surface area contributed by atoms with Crippen LogP contribution in [0.15, 0.2) is 54.6 Å². The van der Waals surface area contributed by atoms with Crippen LogP contribution < -0.4 is 15.4 Å². The van der Waals surface area contributed by atoms with Crippen molar-refractivity contribution in [2.45, 2.75) is 52.5 Å². The number of β-lactam (4-membered cyclic amide) rings is 1. The van der Waals surface area contributed by atoms with Crippen LogP contribution in [0.5, 0.6) is 5.75 Å². The summed E-state index contributed by atoms with van der Waals surface area (Å²) in [4.78, 5) is 23.9. The second kappa shape index (κ2) is 9.76. The quantitative estimate of drug-likeness (QED) is 0.461. The van der Waals surface area contributed by atoms with Crippen molar-refractivity contribution in [3.63, 3.8) is 0 Å². The molecule has 1 amide bonds. The normalized spacial score (nSPS) is 18.1. The fraction of sp³-hybridized carbons (Fsp3) is 0.417. The molecule has 6 heteroatoms. The fourth-order valence-corrected chi connectivity index (χ4v) is 3.64. The number of hydrogen-bond donors (Lipinski definition) is 2. The number of amides is 1. The van der Waals surface area contributed by atoms with E-state index in [1.54, 1.807) is 0 Å². The van der Waals surface area contributed by atoms with Crippen LogP contribution in [0.2, 0.25) is 0 Å². The van der Waals surface area contributed by atoms with Crippen LogP contribution in [0, 0.1) is 5.41 Å². The van der Waals surface area contributed by atoms with Crippen LogP contribution in [0.4, 0.5) is 0 Å². The summed E-state index contributed by atoms with van der Waals surface area (Å²) in [6.45, 7) is 6.43. The Morgan fingerprint density at radius 1 is 1.10 bits per heavy atom. The minimum Gasteiger partial charge on any atom is -0.470 e. The molecule has 2 N–H and O–H groups in total. The van der Waals surface area contributed by atoms with Gasteiger partial charge in [0.15, 0.2) is 6.23 Å². The lowest BCUT2D eigenvalue weighted by Gasteiger charge is -2.47. The van der Waals surface area contributed by atoms with Gasteiger partial charge >= 0.3 is 5.97 Å². The number of carbonyl (C=O) groups excluding carboxylic acids is 2. The maximum absolute atomic E-state index is 12.0. The maximum atomic E-state index is 12.0. The average Bonchev–Trinajstić information content (AvgIpc) is 2.78. The Bertz CT molecular complexity index is 847. The van der Waals surface area contributed by atoms with Gasteiger partial charge in [0, 0.05) is 6.04 Å². The number of benzene rings is 2. The van der Waals surface area contributed by atoms with Crippen molar-refractivity contribution in [3.05, 3.63) is 65.7 Å². The molecule has 2 atom stereocenters. The van der Waals surface area contributed by atoms with Gasteiger partial charge in [-0.3, -0.25) is 9.59 Å². The molecule has 30 heavy (non-hydrogen) atoms. The molecule has 3 rings (SSSR count). The van der Waals surface area contributed by atoms with E-state index < -0.39 is 5.41 Å². The van der Waals surface area contributed by atoms with Crippen LogP contribution in [-0.2, 0) is 20.9 Å². The lowest BCUT2D eigenvalue weighted by molar-refractivity contribution is -0.161. The van der Waals surface area contributed by atoms with Gasteiger partial charge in [0.1, 0.15) is 17.8 Å². The first kappa shape index (κ1) is 21.8. The summed E-state index contributed by atoms with van der Waals surface area (Å²) in [5.41, 5.74) is 1.56. The highest BCUT2D eigenvalue weighted by molar-refractivity contribution is 5.89. The molecule has 1 heterocycles. The van der Waals surface area contributed by atoms with E-state index in [4.69, 9.17) is 9.47 Å². The van der Waals surface area contributed by atoms with Gasteiger partial charge in [-0.05, 0) is 43.0 Å². The van der Waals surface area contributed by atoms with Crippen LogP contribution >= 0.6 is 0 Å². The van der Waals surface area contributed by atoms with E-state index >= 15 is 0 Å². The Hall–Kier alpha value is -2.86. The first-order chi connectivity index (χ1) is 14.5. The molecule has 6 nitrogen and oxygen atoms in total. The number of esters is 1. The fourth-order valence-electron chi connectivity index (χ4n) is 3.64. The van der Waals surface area contributed by atoms with Crippen molar-refractivity contribution in [2.24, 2.45) is 5.41 Å². The lowest BCUT2D eigenvalue weighted by Crippen LogP contribution is -2.69. The van der Waals surface area contributed by atoms with Crippen molar-refractivity contribution in [1.29, 1.82) is 0 Å². The van der Waals surface area contributed by atoms with Gasteiger partial charge in [0.2, 0.25) is 5.91 Å². The minimum absolute atomic E-state index is 0.0166. The standard InChI is InChI=1S/C24H30N2O4/c1-4-24(5-2)22(28)26-23(24)30-20-13-11-19(12-14-20)17(3)25-15-21(27)29-16-18-9-7-6-8-10-18/h6-14,17,23,25H,4-5,15-16H2,1-3H3,(H,26,28)/t17-,23?/m0/s1. The van der Waals surface area contributed by atoms with Gasteiger partial charge in [-0.15, -0.1) is 0 Å². The van der Waals surface area contributed by atoms with Gasteiger partial charge < -0.3 is 20.1 Å². The molecule has 0 aliphatic carbocycles. The highest BCUT2D eigenvalue weighted by Gasteiger charge is 2.54. The van der Waals surface area contributed by atoms with Gasteiger partial charge in [-0.2, -0.15) is 0 Å². The monoisotopic (exact) mass is 410 g/mol. The number of nitrogens with one attached hydrogen (secondary N) is 2. The Labute approximate surface area is 178 Å². The molecule has 2 aromatic carbocycles. The van der Waals surface area contributed by atoms with Gasteiger partial charge in [-0.1, -0.05) is 56.3 Å². The summed E-state index contributed by atoms with van der Waals surface area (Å²) >= 11 is 0. The van der Waals surface area contributed by atoms with Gasteiger partial charge in [0.25, 0.3) is 0 Å². The van der Waals surface area contributed by atoms with Crippen molar-refractivity contribution < 1.29 is 19.1 Å². The average molecular weight is 411 g/mol. The SMILES string of the molecule is CCC1(CC)C(=O)NC1Oc1ccc([C@H](C)NCC(=O)OCc2ccccc2)cc1. The van der Waals surface area contributed by atoms with E-state index in [0.717, 1.165) is 24.0 Å². The van der Waals surface area contributed by atoms with E-state index in [2.05, 4.69) is 10.6 Å². The lowest BCUT2D eigenvalue weighted by atomic mass is 9.73. The predicted octanol–water partition coefficient (Wildman–Crippen LogP) is 3.72. The number of carbonyl (C=O) groups is 2. The van der Waals surface area contributed by atoms with Crippen LogP contribution in [-0.4, -0.2) is 24.6 Å². The van der Waals surface area contributed by atoms with Crippen molar-refractivity contribution in [3.8, 4) is 5.75 Å².